The van der Waals surface area contributed by atoms with Gasteiger partial charge in [0, 0.05) is 0 Å². The van der Waals surface area contributed by atoms with E-state index >= 15 is 0 Å². The molecule has 0 amide bonds. The van der Waals surface area contributed by atoms with Crippen LogP contribution in [0.15, 0.2) is 12.3 Å². The number of hydrogen-bond acceptors (Lipinski definition) is 2. The van der Waals surface area contributed by atoms with E-state index in [9.17, 15) is 4.79 Å². The zero-order valence-corrected chi connectivity index (χ0v) is 9.12. The van der Waals surface area contributed by atoms with E-state index in [0.29, 0.717) is 0 Å². The number of carbonyl (C=O) groups is 1. The minimum Gasteiger partial charge on any atom is -0.480 e. The second-order valence-corrected chi connectivity index (χ2v) is 3.48. The molecule has 0 aromatic carbocycles. The molecular formula is C11H21NO2. The van der Waals surface area contributed by atoms with Gasteiger partial charge in [0.1, 0.15) is 6.04 Å². The summed E-state index contributed by atoms with van der Waals surface area (Å²) in [6.07, 6.45) is 9.74. The predicted molar refractivity (Wildman–Crippen MR) is 58.1 cm³/mol. The highest BCUT2D eigenvalue weighted by Crippen LogP contribution is 2.02. The van der Waals surface area contributed by atoms with Gasteiger partial charge in [-0.3, -0.25) is 4.79 Å². The third-order valence-electron chi connectivity index (χ3n) is 2.06. The summed E-state index contributed by atoms with van der Waals surface area (Å²) in [5.74, 6) is -0.819. The Kier molecular flexibility index (Phi) is 7.99. The number of carboxylic acid groups (broad SMARTS) is 1. The summed E-state index contributed by atoms with van der Waals surface area (Å²) in [5, 5.41) is 11.4. The van der Waals surface area contributed by atoms with Crippen molar-refractivity contribution in [1.82, 2.24) is 5.32 Å². The molecule has 1 atom stereocenters. The van der Waals surface area contributed by atoms with Gasteiger partial charge in [-0.15, -0.1) is 0 Å². The average molecular weight is 199 g/mol. The van der Waals surface area contributed by atoms with Gasteiger partial charge in [-0.1, -0.05) is 32.3 Å². The van der Waals surface area contributed by atoms with Crippen LogP contribution >= 0.6 is 0 Å². The van der Waals surface area contributed by atoms with Crippen molar-refractivity contribution in [2.45, 2.75) is 52.0 Å². The first-order valence-electron chi connectivity index (χ1n) is 5.32. The van der Waals surface area contributed by atoms with Crippen LogP contribution in [0, 0.1) is 0 Å². The minimum atomic E-state index is -0.819. The van der Waals surface area contributed by atoms with Crippen molar-refractivity contribution in [3.63, 3.8) is 0 Å². The zero-order chi connectivity index (χ0) is 10.8. The fraction of sp³-hybridized carbons (Fsp3) is 0.727. The van der Waals surface area contributed by atoms with E-state index in [1.807, 2.05) is 6.08 Å². The van der Waals surface area contributed by atoms with E-state index in [2.05, 4.69) is 12.2 Å². The van der Waals surface area contributed by atoms with Gasteiger partial charge in [0.05, 0.1) is 0 Å². The molecule has 3 heteroatoms. The van der Waals surface area contributed by atoms with Gasteiger partial charge in [-0.25, -0.2) is 0 Å². The molecule has 0 aliphatic rings. The SMILES string of the molecule is CCCCCC/C=C/N[C@@H](C)C(=O)O. The number of unbranched alkanes of at least 4 members (excludes halogenated alkanes) is 4. The summed E-state index contributed by atoms with van der Waals surface area (Å²) in [4.78, 5) is 10.4. The van der Waals surface area contributed by atoms with Crippen molar-refractivity contribution in [1.29, 1.82) is 0 Å². The lowest BCUT2D eigenvalue weighted by Crippen LogP contribution is -2.29. The standard InChI is InChI=1S/C11H21NO2/c1-3-4-5-6-7-8-9-12-10(2)11(13)14/h8-10,12H,3-7H2,1-2H3,(H,13,14)/b9-8+/t10-/m0/s1. The summed E-state index contributed by atoms with van der Waals surface area (Å²) in [7, 11) is 0. The Morgan fingerprint density at radius 2 is 2.14 bits per heavy atom. The summed E-state index contributed by atoms with van der Waals surface area (Å²) >= 11 is 0. The molecule has 0 unspecified atom stereocenters. The maximum atomic E-state index is 10.4. The van der Waals surface area contributed by atoms with E-state index in [4.69, 9.17) is 5.11 Å². The normalized spacial score (nSPS) is 13.0. The minimum absolute atomic E-state index is 0.498. The van der Waals surface area contributed by atoms with Crippen LogP contribution in [0.1, 0.15) is 46.0 Å². The first-order chi connectivity index (χ1) is 6.68. The van der Waals surface area contributed by atoms with Gasteiger partial charge >= 0.3 is 5.97 Å². The molecule has 0 saturated heterocycles. The molecule has 0 fully saturated rings. The fourth-order valence-electron chi connectivity index (χ4n) is 1.06. The Balaban J connectivity index is 3.31. The summed E-state index contributed by atoms with van der Waals surface area (Å²) in [5.41, 5.74) is 0. The predicted octanol–water partition coefficient (Wildman–Crippen LogP) is 2.53. The monoisotopic (exact) mass is 199 g/mol. The van der Waals surface area contributed by atoms with Crippen LogP contribution in [0.4, 0.5) is 0 Å². The van der Waals surface area contributed by atoms with Crippen LogP contribution in [0.25, 0.3) is 0 Å². The molecular weight excluding hydrogens is 178 g/mol. The Morgan fingerprint density at radius 1 is 1.43 bits per heavy atom. The van der Waals surface area contributed by atoms with Gasteiger partial charge in [0.15, 0.2) is 0 Å². The number of hydrogen-bond donors (Lipinski definition) is 2. The van der Waals surface area contributed by atoms with Crippen LogP contribution in [0.2, 0.25) is 0 Å². The third-order valence-corrected chi connectivity index (χ3v) is 2.06. The molecule has 0 aromatic heterocycles. The Labute approximate surface area is 86.2 Å². The van der Waals surface area contributed by atoms with Gasteiger partial charge in [0.2, 0.25) is 0 Å². The highest BCUT2D eigenvalue weighted by atomic mass is 16.4. The lowest BCUT2D eigenvalue weighted by atomic mass is 10.1. The van der Waals surface area contributed by atoms with Crippen molar-refractivity contribution in [2.75, 3.05) is 0 Å². The largest absolute Gasteiger partial charge is 0.480 e. The number of rotatable bonds is 8. The molecule has 0 saturated carbocycles. The van der Waals surface area contributed by atoms with Gasteiger partial charge in [-0.2, -0.15) is 0 Å². The molecule has 3 nitrogen and oxygen atoms in total. The smallest absolute Gasteiger partial charge is 0.325 e. The van der Waals surface area contributed by atoms with Gasteiger partial charge in [-0.05, 0) is 26.0 Å². The summed E-state index contributed by atoms with van der Waals surface area (Å²) in [6.45, 7) is 3.82. The van der Waals surface area contributed by atoms with Crippen LogP contribution in [0.5, 0.6) is 0 Å². The maximum Gasteiger partial charge on any atom is 0.325 e. The van der Waals surface area contributed by atoms with Gasteiger partial charge in [0.25, 0.3) is 0 Å². The first kappa shape index (κ1) is 13.0. The highest BCUT2D eigenvalue weighted by Gasteiger charge is 2.05. The fourth-order valence-corrected chi connectivity index (χ4v) is 1.06. The molecule has 0 aliphatic carbocycles. The molecule has 0 bridgehead atoms. The molecule has 0 aliphatic heterocycles. The zero-order valence-electron chi connectivity index (χ0n) is 9.12. The number of nitrogens with one attached hydrogen (secondary N) is 1. The topological polar surface area (TPSA) is 49.3 Å². The van der Waals surface area contributed by atoms with E-state index in [1.165, 1.54) is 25.7 Å². The Hall–Kier alpha value is -0.990. The number of aliphatic carboxylic acids is 1. The third kappa shape index (κ3) is 7.65. The van der Waals surface area contributed by atoms with Crippen LogP contribution < -0.4 is 5.32 Å². The van der Waals surface area contributed by atoms with E-state index < -0.39 is 12.0 Å². The van der Waals surface area contributed by atoms with Crippen molar-refractivity contribution in [2.24, 2.45) is 0 Å². The summed E-state index contributed by atoms with van der Waals surface area (Å²) < 4.78 is 0. The lowest BCUT2D eigenvalue weighted by Gasteiger charge is -2.04. The van der Waals surface area contributed by atoms with Crippen molar-refractivity contribution in [3.05, 3.63) is 12.3 Å². The molecule has 0 aromatic rings. The van der Waals surface area contributed by atoms with Crippen LogP contribution in [0.3, 0.4) is 0 Å². The molecule has 0 rings (SSSR count). The highest BCUT2D eigenvalue weighted by molar-refractivity contribution is 5.72. The van der Waals surface area contributed by atoms with Crippen LogP contribution in [-0.4, -0.2) is 17.1 Å². The first-order valence-corrected chi connectivity index (χ1v) is 5.32. The Morgan fingerprint density at radius 3 is 2.71 bits per heavy atom. The van der Waals surface area contributed by atoms with E-state index in [-0.39, 0.29) is 0 Å². The van der Waals surface area contributed by atoms with Gasteiger partial charge < -0.3 is 10.4 Å². The average Bonchev–Trinajstić information content (AvgIpc) is 2.16. The number of allylic oxidation sites excluding steroid dienone is 1. The number of carboxylic acids is 1. The van der Waals surface area contributed by atoms with Crippen molar-refractivity contribution >= 4 is 5.97 Å². The molecule has 0 radical (unpaired) electrons. The van der Waals surface area contributed by atoms with E-state index in [0.717, 1.165) is 6.42 Å². The maximum absolute atomic E-state index is 10.4. The quantitative estimate of drug-likeness (QED) is 0.591. The molecule has 82 valence electrons. The molecule has 0 heterocycles. The van der Waals surface area contributed by atoms with Crippen LogP contribution in [-0.2, 0) is 4.79 Å². The second kappa shape index (κ2) is 8.60. The van der Waals surface area contributed by atoms with Crippen molar-refractivity contribution < 1.29 is 9.90 Å². The van der Waals surface area contributed by atoms with E-state index in [1.54, 1.807) is 13.1 Å². The molecule has 14 heavy (non-hydrogen) atoms. The molecule has 0 spiro atoms. The Bertz CT molecular complexity index is 178. The summed E-state index contributed by atoms with van der Waals surface area (Å²) in [6, 6.07) is -0.498. The lowest BCUT2D eigenvalue weighted by molar-refractivity contribution is -0.138. The van der Waals surface area contributed by atoms with Crippen molar-refractivity contribution in [3.8, 4) is 0 Å². The molecule has 2 N–H and O–H groups in total. The second-order valence-electron chi connectivity index (χ2n) is 3.48.